The van der Waals surface area contributed by atoms with Gasteiger partial charge >= 0.3 is 0 Å². The van der Waals surface area contributed by atoms with Gasteiger partial charge < -0.3 is 25.0 Å². The standard InChI is InChI=1S/C33H42N9O2P.C3H3FO/c1-22(2)29-21-38-42-31(29)39-32(36-19-23-13-16-41(17-14-23)45(43-4)44-5)40-33(42)37-20-25-8-6-7-9-27(25)30-28-11-10-26(34-3)18-24(28)12-15-35-30;1-3(4)2-5/h6-12,15,18,21-23,34H,13-14,16-17,19-20H2,1-5H3,(H2,36,37,39,40);2H,1H2. The third-order valence-corrected chi connectivity index (χ3v) is 10.1. The van der Waals surface area contributed by atoms with Crippen LogP contribution in [0.2, 0.25) is 0 Å². The second-order valence-electron chi connectivity index (χ2n) is 12.2. The summed E-state index contributed by atoms with van der Waals surface area (Å²) >= 11 is 0. The maximum atomic E-state index is 10.9. The van der Waals surface area contributed by atoms with E-state index in [1.54, 1.807) is 14.2 Å². The number of nitrogens with zero attached hydrogens (tertiary/aromatic N) is 6. The number of anilines is 3. The summed E-state index contributed by atoms with van der Waals surface area (Å²) in [6.07, 6.45) is 5.95. The maximum absolute atomic E-state index is 10.9. The lowest BCUT2D eigenvalue weighted by molar-refractivity contribution is -0.106. The third kappa shape index (κ3) is 8.78. The van der Waals surface area contributed by atoms with Crippen LogP contribution in [0.3, 0.4) is 0 Å². The van der Waals surface area contributed by atoms with E-state index in [0.717, 1.165) is 77.0 Å². The van der Waals surface area contributed by atoms with Gasteiger partial charge in [-0.15, -0.1) is 0 Å². The normalized spacial score (nSPS) is 13.8. The molecular weight excluding hydrogens is 656 g/mol. The first-order valence-corrected chi connectivity index (χ1v) is 17.7. The Morgan fingerprint density at radius 3 is 2.52 bits per heavy atom. The molecule has 12 nitrogen and oxygen atoms in total. The van der Waals surface area contributed by atoms with Crippen molar-refractivity contribution < 1.29 is 18.2 Å². The number of halogens is 1. The zero-order chi connectivity index (χ0) is 35.6. The van der Waals surface area contributed by atoms with Crippen molar-refractivity contribution in [3.8, 4) is 11.3 Å². The molecule has 0 saturated carbocycles. The maximum Gasteiger partial charge on any atom is 0.258 e. The Hall–Kier alpha value is -4.55. The van der Waals surface area contributed by atoms with Gasteiger partial charge in [-0.2, -0.15) is 19.6 Å². The largest absolute Gasteiger partial charge is 0.388 e. The van der Waals surface area contributed by atoms with Crippen LogP contribution in [-0.2, 0) is 20.4 Å². The molecule has 3 aromatic heterocycles. The van der Waals surface area contributed by atoms with Crippen molar-refractivity contribution in [2.75, 3.05) is 56.9 Å². The van der Waals surface area contributed by atoms with E-state index in [2.05, 4.69) is 94.7 Å². The van der Waals surface area contributed by atoms with Crippen LogP contribution < -0.4 is 16.0 Å². The molecule has 3 N–H and O–H groups in total. The van der Waals surface area contributed by atoms with E-state index in [0.29, 0.717) is 24.4 Å². The van der Waals surface area contributed by atoms with Crippen LogP contribution >= 0.6 is 8.53 Å². The molecule has 0 unspecified atom stereocenters. The van der Waals surface area contributed by atoms with E-state index < -0.39 is 14.4 Å². The SMILES string of the molecule is C=C(F)C=O.CNc1ccc2c(-c3ccccc3CNc3nc(NCC4CCN(P(OC)OC)CC4)nc4c(C(C)C)cnn34)nccc2c1. The van der Waals surface area contributed by atoms with Crippen molar-refractivity contribution in [2.45, 2.75) is 39.2 Å². The minimum Gasteiger partial charge on any atom is -0.388 e. The van der Waals surface area contributed by atoms with Crippen molar-refractivity contribution in [1.82, 2.24) is 29.2 Å². The summed E-state index contributed by atoms with van der Waals surface area (Å²) in [5, 5.41) is 17.3. The quantitative estimate of drug-likeness (QED) is 0.0644. The first-order valence-electron chi connectivity index (χ1n) is 16.6. The smallest absolute Gasteiger partial charge is 0.258 e. The summed E-state index contributed by atoms with van der Waals surface area (Å²) in [5.41, 5.74) is 6.13. The molecule has 0 spiro atoms. The summed E-state index contributed by atoms with van der Waals surface area (Å²) in [7, 11) is 4.39. The highest BCUT2D eigenvalue weighted by molar-refractivity contribution is 7.44. The molecule has 14 heteroatoms. The molecule has 1 fully saturated rings. The summed E-state index contributed by atoms with van der Waals surface area (Å²) in [5.74, 6) is 1.12. The number of benzene rings is 2. The van der Waals surface area contributed by atoms with Crippen LogP contribution in [0.15, 0.2) is 73.3 Å². The average molecular weight is 702 g/mol. The molecule has 1 aliphatic heterocycles. The van der Waals surface area contributed by atoms with Gasteiger partial charge in [-0.1, -0.05) is 50.8 Å². The van der Waals surface area contributed by atoms with E-state index in [9.17, 15) is 4.39 Å². The minimum absolute atomic E-state index is 0.0556. The van der Waals surface area contributed by atoms with Crippen molar-refractivity contribution in [2.24, 2.45) is 5.92 Å². The molecule has 0 radical (unpaired) electrons. The number of pyridine rings is 1. The van der Waals surface area contributed by atoms with Gasteiger partial charge in [0.15, 0.2) is 17.8 Å². The van der Waals surface area contributed by atoms with E-state index in [1.807, 2.05) is 24.0 Å². The number of piperidine rings is 1. The molecule has 1 saturated heterocycles. The molecule has 0 aliphatic carbocycles. The van der Waals surface area contributed by atoms with Crippen LogP contribution in [0, 0.1) is 5.92 Å². The Kier molecular flexibility index (Phi) is 12.8. The van der Waals surface area contributed by atoms with Gasteiger partial charge in [0.25, 0.3) is 8.53 Å². The zero-order valence-corrected chi connectivity index (χ0v) is 30.1. The molecule has 4 heterocycles. The van der Waals surface area contributed by atoms with Gasteiger partial charge in [0.05, 0.1) is 11.9 Å². The lowest BCUT2D eigenvalue weighted by atomic mass is 9.98. The molecule has 2 aromatic carbocycles. The van der Waals surface area contributed by atoms with Crippen LogP contribution in [0.5, 0.6) is 0 Å². The molecule has 0 bridgehead atoms. The number of nitrogens with one attached hydrogen (secondary N) is 3. The predicted octanol–water partition coefficient (Wildman–Crippen LogP) is 7.43. The van der Waals surface area contributed by atoms with Gasteiger partial charge in [0.1, 0.15) is 0 Å². The second kappa shape index (κ2) is 17.4. The fourth-order valence-corrected chi connectivity index (χ4v) is 7.12. The highest BCUT2D eigenvalue weighted by Crippen LogP contribution is 2.43. The van der Waals surface area contributed by atoms with Crippen molar-refractivity contribution >= 4 is 48.8 Å². The Bertz CT molecular complexity index is 1910. The third-order valence-electron chi connectivity index (χ3n) is 8.59. The first-order chi connectivity index (χ1) is 24.3. The Balaban J connectivity index is 0.000000908. The van der Waals surface area contributed by atoms with Crippen molar-refractivity contribution in [3.63, 3.8) is 0 Å². The summed E-state index contributed by atoms with van der Waals surface area (Å²) in [6, 6.07) is 16.8. The number of carbonyl (C=O) groups is 1. The highest BCUT2D eigenvalue weighted by Gasteiger charge is 2.26. The van der Waals surface area contributed by atoms with E-state index in [1.165, 1.54) is 0 Å². The molecule has 50 heavy (non-hydrogen) atoms. The van der Waals surface area contributed by atoms with Gasteiger partial charge in [-0.05, 0) is 53.8 Å². The van der Waals surface area contributed by atoms with Crippen molar-refractivity contribution in [1.29, 1.82) is 0 Å². The van der Waals surface area contributed by atoms with Gasteiger partial charge in [-0.3, -0.25) is 9.78 Å². The van der Waals surface area contributed by atoms with Gasteiger partial charge in [-0.25, -0.2) is 9.06 Å². The molecule has 0 atom stereocenters. The van der Waals surface area contributed by atoms with E-state index in [4.69, 9.17) is 28.8 Å². The van der Waals surface area contributed by atoms with E-state index >= 15 is 0 Å². The molecule has 6 rings (SSSR count). The number of aldehydes is 1. The average Bonchev–Trinajstić information content (AvgIpc) is 3.58. The monoisotopic (exact) mass is 701 g/mol. The van der Waals surface area contributed by atoms with E-state index in [-0.39, 0.29) is 12.2 Å². The molecule has 264 valence electrons. The molecular formula is C36H45FN9O3P. The van der Waals surface area contributed by atoms with Crippen LogP contribution in [0.1, 0.15) is 43.7 Å². The molecule has 0 amide bonds. The molecule has 5 aromatic rings. The van der Waals surface area contributed by atoms with Gasteiger partial charge in [0.2, 0.25) is 11.9 Å². The number of hydrogen-bond donors (Lipinski definition) is 3. The van der Waals surface area contributed by atoms with Crippen LogP contribution in [0.4, 0.5) is 22.0 Å². The van der Waals surface area contributed by atoms with Gasteiger partial charge in [0, 0.05) is 75.8 Å². The zero-order valence-electron chi connectivity index (χ0n) is 29.2. The summed E-state index contributed by atoms with van der Waals surface area (Å²) < 4.78 is 26.0. The predicted molar refractivity (Wildman–Crippen MR) is 199 cm³/mol. The first kappa shape index (κ1) is 36.7. The highest BCUT2D eigenvalue weighted by atomic mass is 31.2. The Labute approximate surface area is 293 Å². The topological polar surface area (TPSA) is 131 Å². The number of carbonyl (C=O) groups excluding carboxylic acids is 1. The summed E-state index contributed by atoms with van der Waals surface area (Å²) in [6.45, 7) is 10.2. The number of fused-ring (bicyclic) bond motifs is 2. The minimum atomic E-state index is -0.964. The second-order valence-corrected chi connectivity index (χ2v) is 13.9. The Morgan fingerprint density at radius 2 is 1.84 bits per heavy atom. The lowest BCUT2D eigenvalue weighted by Crippen LogP contribution is -2.33. The Morgan fingerprint density at radius 1 is 1.10 bits per heavy atom. The van der Waals surface area contributed by atoms with Crippen LogP contribution in [0.25, 0.3) is 27.7 Å². The number of allylic oxidation sites excluding steroid dienone is 1. The lowest BCUT2D eigenvalue weighted by Gasteiger charge is -2.34. The fraction of sp³-hybridized carbons (Fsp3) is 0.361. The number of aromatic nitrogens is 5. The van der Waals surface area contributed by atoms with Crippen molar-refractivity contribution in [3.05, 3.63) is 84.5 Å². The molecule has 1 aliphatic rings. The fourth-order valence-electron chi connectivity index (χ4n) is 5.95. The number of rotatable bonds is 13. The summed E-state index contributed by atoms with van der Waals surface area (Å²) in [4.78, 5) is 23.7. The number of hydrogen-bond acceptors (Lipinski definition) is 11. The van der Waals surface area contributed by atoms with Crippen LogP contribution in [-0.4, -0.2) is 76.4 Å².